The van der Waals surface area contributed by atoms with E-state index in [9.17, 15) is 19.2 Å². The Bertz CT molecular complexity index is 1300. The fourth-order valence-corrected chi connectivity index (χ4v) is 3.82. The summed E-state index contributed by atoms with van der Waals surface area (Å²) in [5.74, 6) is -1.82. The number of ether oxygens (including phenoxy) is 2. The molecule has 0 atom stereocenters. The van der Waals surface area contributed by atoms with E-state index < -0.39 is 30.2 Å². The fourth-order valence-electron chi connectivity index (χ4n) is 3.32. The molecule has 1 aliphatic rings. The van der Waals surface area contributed by atoms with Crippen molar-refractivity contribution in [2.24, 2.45) is 0 Å². The maximum atomic E-state index is 12.9. The molecule has 9 heteroatoms. The van der Waals surface area contributed by atoms with E-state index in [0.29, 0.717) is 16.3 Å². The zero-order valence-corrected chi connectivity index (χ0v) is 18.6. The molecule has 0 bridgehead atoms. The van der Waals surface area contributed by atoms with E-state index in [4.69, 9.17) is 32.7 Å². The first-order valence-corrected chi connectivity index (χ1v) is 10.4. The van der Waals surface area contributed by atoms with Crippen LogP contribution in [0, 0.1) is 0 Å². The molecule has 166 valence electrons. The average molecular weight is 484 g/mol. The molecule has 33 heavy (non-hydrogen) atoms. The van der Waals surface area contributed by atoms with Crippen LogP contribution in [-0.4, -0.2) is 37.3 Å². The summed E-state index contributed by atoms with van der Waals surface area (Å²) in [6.07, 6.45) is 0. The van der Waals surface area contributed by atoms with Gasteiger partial charge in [-0.2, -0.15) is 0 Å². The van der Waals surface area contributed by atoms with Crippen LogP contribution in [0.4, 0.5) is 5.69 Å². The molecule has 1 aliphatic heterocycles. The second-order valence-electron chi connectivity index (χ2n) is 7.03. The number of ketones is 1. The maximum Gasteiger partial charge on any atom is 0.338 e. The van der Waals surface area contributed by atoms with Gasteiger partial charge in [0.1, 0.15) is 5.75 Å². The van der Waals surface area contributed by atoms with Crippen LogP contribution in [0.2, 0.25) is 10.0 Å². The van der Waals surface area contributed by atoms with Crippen molar-refractivity contribution < 1.29 is 28.7 Å². The first-order valence-electron chi connectivity index (χ1n) is 9.62. The summed E-state index contributed by atoms with van der Waals surface area (Å²) in [6.45, 7) is -0.484. The number of methoxy groups -OCH3 is 1. The predicted molar refractivity (Wildman–Crippen MR) is 122 cm³/mol. The third-order valence-electron chi connectivity index (χ3n) is 5.02. The highest BCUT2D eigenvalue weighted by atomic mass is 35.5. The molecule has 2 amide bonds. The predicted octanol–water partition coefficient (Wildman–Crippen LogP) is 4.84. The number of hydrogen-bond donors (Lipinski definition) is 0. The molecule has 3 aromatic rings. The number of esters is 1. The van der Waals surface area contributed by atoms with E-state index in [1.54, 1.807) is 24.3 Å². The van der Waals surface area contributed by atoms with Gasteiger partial charge in [0, 0.05) is 10.6 Å². The maximum absolute atomic E-state index is 12.9. The molecule has 7 nitrogen and oxygen atoms in total. The Labute approximate surface area is 198 Å². The van der Waals surface area contributed by atoms with Gasteiger partial charge in [-0.15, -0.1) is 0 Å². The quantitative estimate of drug-likeness (QED) is 0.283. The van der Waals surface area contributed by atoms with Crippen LogP contribution in [0.25, 0.3) is 0 Å². The number of halogens is 2. The third kappa shape index (κ3) is 4.33. The number of nitrogens with zero attached hydrogens (tertiary/aromatic N) is 1. The van der Waals surface area contributed by atoms with Gasteiger partial charge in [-0.25, -0.2) is 9.69 Å². The van der Waals surface area contributed by atoms with Crippen LogP contribution < -0.4 is 9.64 Å². The van der Waals surface area contributed by atoms with Crippen LogP contribution in [-0.2, 0) is 4.74 Å². The van der Waals surface area contributed by atoms with Crippen molar-refractivity contribution in [2.75, 3.05) is 18.6 Å². The van der Waals surface area contributed by atoms with E-state index in [1.807, 2.05) is 0 Å². The second-order valence-corrected chi connectivity index (χ2v) is 7.87. The molecule has 1 heterocycles. The van der Waals surface area contributed by atoms with Crippen molar-refractivity contribution in [2.45, 2.75) is 0 Å². The minimum absolute atomic E-state index is 0.0292. The summed E-state index contributed by atoms with van der Waals surface area (Å²) in [5, 5.41) is 0.489. The molecule has 0 saturated carbocycles. The van der Waals surface area contributed by atoms with Gasteiger partial charge in [0.25, 0.3) is 11.8 Å². The lowest BCUT2D eigenvalue weighted by molar-refractivity contribution is 0.0474. The van der Waals surface area contributed by atoms with Crippen molar-refractivity contribution in [3.63, 3.8) is 0 Å². The number of hydrogen-bond acceptors (Lipinski definition) is 6. The Kier molecular flexibility index (Phi) is 6.18. The molecular weight excluding hydrogens is 469 g/mol. The Morgan fingerprint density at radius 1 is 0.848 bits per heavy atom. The Morgan fingerprint density at radius 2 is 1.52 bits per heavy atom. The first kappa shape index (κ1) is 22.5. The highest BCUT2D eigenvalue weighted by Gasteiger charge is 2.38. The molecule has 0 saturated heterocycles. The van der Waals surface area contributed by atoms with Gasteiger partial charge >= 0.3 is 5.97 Å². The Hall–Kier alpha value is -3.68. The number of amides is 2. The number of Topliss-reactive ketones (excluding diaryl/α,β-unsaturated/α-hetero) is 1. The summed E-state index contributed by atoms with van der Waals surface area (Å²) in [6, 6.07) is 14.7. The smallest absolute Gasteiger partial charge is 0.338 e. The van der Waals surface area contributed by atoms with Gasteiger partial charge in [-0.3, -0.25) is 14.4 Å². The standard InChI is InChI=1S/C24H15Cl2NO6/c1-32-16-6-2-13(3-7-16)21(28)12-33-24(31)14-4-8-17-18(10-14)23(30)27(22(17)29)20-9-5-15(25)11-19(20)26/h2-11H,12H2,1H3. The number of imide groups is 1. The number of rotatable bonds is 6. The first-order chi connectivity index (χ1) is 15.8. The number of carbonyl (C=O) groups excluding carboxylic acids is 4. The SMILES string of the molecule is COc1ccc(C(=O)COC(=O)c2ccc3c(c2)C(=O)N(c2ccc(Cl)cc2Cl)C3=O)cc1. The second kappa shape index (κ2) is 9.05. The average Bonchev–Trinajstić information content (AvgIpc) is 3.07. The number of fused-ring (bicyclic) bond motifs is 1. The van der Waals surface area contributed by atoms with Crippen molar-refractivity contribution in [1.82, 2.24) is 0 Å². The van der Waals surface area contributed by atoms with Crippen LogP contribution in [0.3, 0.4) is 0 Å². The third-order valence-corrected chi connectivity index (χ3v) is 5.56. The van der Waals surface area contributed by atoms with Crippen molar-refractivity contribution in [3.8, 4) is 5.75 Å². The molecule has 3 aromatic carbocycles. The molecule has 0 unspecified atom stereocenters. The molecular formula is C24H15Cl2NO6. The van der Waals surface area contributed by atoms with E-state index in [2.05, 4.69) is 0 Å². The van der Waals surface area contributed by atoms with Crippen molar-refractivity contribution >= 4 is 52.5 Å². The highest BCUT2D eigenvalue weighted by molar-refractivity contribution is 6.41. The van der Waals surface area contributed by atoms with Crippen LogP contribution in [0.5, 0.6) is 5.75 Å². The lowest BCUT2D eigenvalue weighted by atomic mass is 10.1. The van der Waals surface area contributed by atoms with E-state index in [1.165, 1.54) is 43.5 Å². The highest BCUT2D eigenvalue weighted by Crippen LogP contribution is 2.35. The van der Waals surface area contributed by atoms with Gasteiger partial charge in [0.05, 0.1) is 34.5 Å². The van der Waals surface area contributed by atoms with Crippen LogP contribution >= 0.6 is 23.2 Å². The van der Waals surface area contributed by atoms with Crippen LogP contribution in [0.15, 0.2) is 60.7 Å². The molecule has 0 aromatic heterocycles. The zero-order valence-electron chi connectivity index (χ0n) is 17.1. The monoisotopic (exact) mass is 483 g/mol. The molecule has 0 aliphatic carbocycles. The molecule has 4 rings (SSSR count). The summed E-state index contributed by atoms with van der Waals surface area (Å²) in [5.41, 5.74) is 0.718. The van der Waals surface area contributed by atoms with Gasteiger partial charge in [0.2, 0.25) is 0 Å². The number of benzene rings is 3. The van der Waals surface area contributed by atoms with Gasteiger partial charge in [-0.1, -0.05) is 23.2 Å². The molecule has 0 radical (unpaired) electrons. The Morgan fingerprint density at radius 3 is 2.18 bits per heavy atom. The van der Waals surface area contributed by atoms with E-state index in [-0.39, 0.29) is 27.4 Å². The lowest BCUT2D eigenvalue weighted by Crippen LogP contribution is -2.29. The summed E-state index contributed by atoms with van der Waals surface area (Å²) < 4.78 is 10.1. The lowest BCUT2D eigenvalue weighted by Gasteiger charge is -2.15. The number of carbonyl (C=O) groups is 4. The topological polar surface area (TPSA) is 90.0 Å². The minimum Gasteiger partial charge on any atom is -0.497 e. The fraction of sp³-hybridized carbons (Fsp3) is 0.0833. The summed E-state index contributed by atoms with van der Waals surface area (Å²) in [4.78, 5) is 51.4. The molecule has 0 fully saturated rings. The largest absolute Gasteiger partial charge is 0.497 e. The summed E-state index contributed by atoms with van der Waals surface area (Å²) >= 11 is 12.1. The number of anilines is 1. The van der Waals surface area contributed by atoms with Gasteiger partial charge in [0.15, 0.2) is 12.4 Å². The normalized spacial score (nSPS) is 12.5. The van der Waals surface area contributed by atoms with Crippen molar-refractivity contribution in [3.05, 3.63) is 93.0 Å². The minimum atomic E-state index is -0.803. The summed E-state index contributed by atoms with van der Waals surface area (Å²) in [7, 11) is 1.51. The Balaban J connectivity index is 1.50. The van der Waals surface area contributed by atoms with Crippen LogP contribution in [0.1, 0.15) is 41.4 Å². The van der Waals surface area contributed by atoms with Gasteiger partial charge < -0.3 is 9.47 Å². The van der Waals surface area contributed by atoms with E-state index >= 15 is 0 Å². The van der Waals surface area contributed by atoms with Crippen molar-refractivity contribution in [1.29, 1.82) is 0 Å². The molecule has 0 N–H and O–H groups in total. The zero-order chi connectivity index (χ0) is 23.7. The van der Waals surface area contributed by atoms with E-state index in [0.717, 1.165) is 4.90 Å². The molecule has 0 spiro atoms. The van der Waals surface area contributed by atoms with Gasteiger partial charge in [-0.05, 0) is 60.7 Å².